The molecule has 2 aliphatic heterocycles. The molecule has 0 aliphatic carbocycles. The second-order valence-corrected chi connectivity index (χ2v) is 11.3. The molecular weight excluding hydrogens is 550 g/mol. The Morgan fingerprint density at radius 1 is 1.10 bits per heavy atom. The number of carbonyl (C=O) groups is 2. The molecule has 2 atom stereocenters. The number of anilines is 1. The van der Waals surface area contributed by atoms with Crippen LogP contribution in [0, 0.1) is 13.8 Å². The van der Waals surface area contributed by atoms with Crippen molar-refractivity contribution in [2.24, 2.45) is 5.73 Å². The van der Waals surface area contributed by atoms with Gasteiger partial charge in [0, 0.05) is 36.5 Å². The van der Waals surface area contributed by atoms with Crippen molar-refractivity contribution in [1.29, 1.82) is 0 Å². The number of likely N-dealkylation sites (tertiary alicyclic amines) is 1. The van der Waals surface area contributed by atoms with Crippen LogP contribution < -0.4 is 10.6 Å². The van der Waals surface area contributed by atoms with Gasteiger partial charge in [0.2, 0.25) is 18.2 Å². The number of rotatable bonds is 7. The van der Waals surface area contributed by atoms with Crippen molar-refractivity contribution >= 4 is 29.5 Å². The van der Waals surface area contributed by atoms with Gasteiger partial charge in [0.25, 0.3) is 5.89 Å². The van der Waals surface area contributed by atoms with Crippen molar-refractivity contribution in [3.8, 4) is 11.6 Å². The molecule has 5 heterocycles. The van der Waals surface area contributed by atoms with Gasteiger partial charge in [-0.2, -0.15) is 0 Å². The molecule has 2 saturated heterocycles. The lowest BCUT2D eigenvalue weighted by Gasteiger charge is -2.16. The first kappa shape index (κ1) is 31.0. The maximum Gasteiger partial charge on any atom is 0.266 e. The minimum Gasteiger partial charge on any atom is -0.419 e. The zero-order valence-corrected chi connectivity index (χ0v) is 25.5. The lowest BCUT2D eigenvalue weighted by molar-refractivity contribution is -0.119. The van der Waals surface area contributed by atoms with E-state index in [4.69, 9.17) is 4.42 Å². The SMILES string of the molecule is CN.Cc1cc(-c2nnc(C(C)Cc3ccccc3)o2)nc(N2CCCC2=O)c1.Cc1csc(C2CCCN2C=O)n1. The fourth-order valence-electron chi connectivity index (χ4n) is 5.08. The lowest BCUT2D eigenvalue weighted by Crippen LogP contribution is -2.24. The van der Waals surface area contributed by atoms with Gasteiger partial charge in [-0.05, 0) is 69.8 Å². The molecule has 2 amide bonds. The second-order valence-electron chi connectivity index (χ2n) is 10.4. The zero-order valence-electron chi connectivity index (χ0n) is 24.7. The van der Waals surface area contributed by atoms with Gasteiger partial charge in [0.1, 0.15) is 16.5 Å². The summed E-state index contributed by atoms with van der Waals surface area (Å²) in [5.41, 5.74) is 8.40. The summed E-state index contributed by atoms with van der Waals surface area (Å²) in [5, 5.41) is 11.5. The molecule has 2 N–H and O–H groups in total. The quantitative estimate of drug-likeness (QED) is 0.290. The summed E-state index contributed by atoms with van der Waals surface area (Å²) in [6.45, 7) is 7.62. The average molecular weight is 590 g/mol. The molecule has 2 fully saturated rings. The molecule has 11 heteroatoms. The number of nitrogens with two attached hydrogens (primary N) is 1. The molecule has 4 aromatic rings. The monoisotopic (exact) mass is 589 g/mol. The third kappa shape index (κ3) is 7.65. The van der Waals surface area contributed by atoms with E-state index in [0.717, 1.165) is 54.9 Å². The first-order valence-corrected chi connectivity index (χ1v) is 15.2. The van der Waals surface area contributed by atoms with Crippen molar-refractivity contribution in [2.75, 3.05) is 25.0 Å². The van der Waals surface area contributed by atoms with Crippen LogP contribution in [0.4, 0.5) is 5.82 Å². The zero-order chi connectivity index (χ0) is 30.1. The Bertz CT molecular complexity index is 1460. The van der Waals surface area contributed by atoms with Crippen molar-refractivity contribution in [3.63, 3.8) is 0 Å². The Labute approximate surface area is 251 Å². The van der Waals surface area contributed by atoms with Crippen molar-refractivity contribution in [1.82, 2.24) is 25.1 Å². The van der Waals surface area contributed by atoms with E-state index in [1.165, 1.54) is 12.6 Å². The summed E-state index contributed by atoms with van der Waals surface area (Å²) in [6, 6.07) is 14.3. The lowest BCUT2D eigenvalue weighted by atomic mass is 10.0. The highest BCUT2D eigenvalue weighted by atomic mass is 32.1. The Morgan fingerprint density at radius 3 is 2.55 bits per heavy atom. The molecule has 0 spiro atoms. The number of hydrogen-bond acceptors (Lipinski definition) is 9. The van der Waals surface area contributed by atoms with Crippen molar-refractivity contribution < 1.29 is 14.0 Å². The van der Waals surface area contributed by atoms with E-state index in [-0.39, 0.29) is 17.9 Å². The minimum atomic E-state index is 0.109. The van der Waals surface area contributed by atoms with Gasteiger partial charge in [0.15, 0.2) is 0 Å². The third-order valence-corrected chi connectivity index (χ3v) is 8.19. The molecule has 222 valence electrons. The summed E-state index contributed by atoms with van der Waals surface area (Å²) in [5.74, 6) is 1.86. The van der Waals surface area contributed by atoms with Gasteiger partial charge in [0.05, 0.1) is 6.04 Å². The van der Waals surface area contributed by atoms with Crippen LogP contribution in [-0.2, 0) is 16.0 Å². The number of thiazole rings is 1. The van der Waals surface area contributed by atoms with Crippen LogP contribution in [0.15, 0.2) is 52.3 Å². The van der Waals surface area contributed by atoms with E-state index in [1.807, 2.05) is 54.5 Å². The third-order valence-electron chi connectivity index (χ3n) is 7.12. The molecular formula is C31H39N7O3S. The van der Waals surface area contributed by atoms with Crippen LogP contribution in [0.3, 0.4) is 0 Å². The van der Waals surface area contributed by atoms with E-state index in [9.17, 15) is 9.59 Å². The second kappa shape index (κ2) is 14.8. The number of aromatic nitrogens is 4. The fraction of sp³-hybridized carbons (Fsp3) is 0.419. The number of aryl methyl sites for hydroxylation is 2. The van der Waals surface area contributed by atoms with Gasteiger partial charge < -0.3 is 15.1 Å². The Kier molecular flexibility index (Phi) is 10.9. The Balaban J connectivity index is 0.000000226. The van der Waals surface area contributed by atoms with Crippen LogP contribution in [0.2, 0.25) is 0 Å². The largest absolute Gasteiger partial charge is 0.419 e. The molecule has 2 aliphatic rings. The average Bonchev–Trinajstić information content (AvgIpc) is 3.82. The number of pyridine rings is 1. The molecule has 1 aromatic carbocycles. The van der Waals surface area contributed by atoms with Gasteiger partial charge >= 0.3 is 0 Å². The molecule has 0 bridgehead atoms. The smallest absolute Gasteiger partial charge is 0.266 e. The normalized spacial score (nSPS) is 16.9. The van der Waals surface area contributed by atoms with E-state index < -0.39 is 0 Å². The Hall–Kier alpha value is -3.96. The highest BCUT2D eigenvalue weighted by Crippen LogP contribution is 2.32. The molecule has 6 rings (SSSR count). The van der Waals surface area contributed by atoms with Crippen molar-refractivity contribution in [3.05, 3.63) is 75.6 Å². The first-order chi connectivity index (χ1) is 20.4. The summed E-state index contributed by atoms with van der Waals surface area (Å²) in [6.07, 6.45) is 5.37. The van der Waals surface area contributed by atoms with Gasteiger partial charge in [-0.25, -0.2) is 9.97 Å². The predicted octanol–water partition coefficient (Wildman–Crippen LogP) is 5.23. The first-order valence-electron chi connectivity index (χ1n) is 14.3. The van der Waals surface area contributed by atoms with E-state index in [2.05, 4.69) is 45.0 Å². The molecule has 0 saturated carbocycles. The summed E-state index contributed by atoms with van der Waals surface area (Å²) < 4.78 is 5.92. The molecule has 3 aromatic heterocycles. The van der Waals surface area contributed by atoms with Gasteiger partial charge in [-0.15, -0.1) is 21.5 Å². The highest BCUT2D eigenvalue weighted by molar-refractivity contribution is 7.09. The topological polar surface area (TPSA) is 131 Å². The number of benzene rings is 1. The number of amides is 2. The van der Waals surface area contributed by atoms with Crippen LogP contribution in [0.1, 0.15) is 72.3 Å². The van der Waals surface area contributed by atoms with E-state index >= 15 is 0 Å². The number of carbonyl (C=O) groups excluding carboxylic acids is 2. The molecule has 0 radical (unpaired) electrons. The highest BCUT2D eigenvalue weighted by Gasteiger charge is 2.27. The maximum absolute atomic E-state index is 12.0. The summed E-state index contributed by atoms with van der Waals surface area (Å²) >= 11 is 1.65. The Morgan fingerprint density at radius 2 is 1.88 bits per heavy atom. The minimum absolute atomic E-state index is 0.109. The number of hydrogen-bond donors (Lipinski definition) is 1. The molecule has 2 unspecified atom stereocenters. The fourth-order valence-corrected chi connectivity index (χ4v) is 6.04. The molecule has 42 heavy (non-hydrogen) atoms. The summed E-state index contributed by atoms with van der Waals surface area (Å²) in [7, 11) is 1.50. The predicted molar refractivity (Wildman–Crippen MR) is 164 cm³/mol. The van der Waals surface area contributed by atoms with E-state index in [0.29, 0.717) is 36.3 Å². The van der Waals surface area contributed by atoms with E-state index in [1.54, 1.807) is 16.2 Å². The van der Waals surface area contributed by atoms with Crippen LogP contribution >= 0.6 is 11.3 Å². The van der Waals surface area contributed by atoms with Crippen LogP contribution in [0.25, 0.3) is 11.6 Å². The van der Waals surface area contributed by atoms with Crippen LogP contribution in [0.5, 0.6) is 0 Å². The van der Waals surface area contributed by atoms with Gasteiger partial charge in [-0.1, -0.05) is 37.3 Å². The van der Waals surface area contributed by atoms with Crippen molar-refractivity contribution in [2.45, 2.75) is 64.8 Å². The summed E-state index contributed by atoms with van der Waals surface area (Å²) in [4.78, 5) is 35.3. The number of nitrogens with zero attached hydrogens (tertiary/aromatic N) is 6. The van der Waals surface area contributed by atoms with Gasteiger partial charge in [-0.3, -0.25) is 14.5 Å². The maximum atomic E-state index is 12.0. The van der Waals surface area contributed by atoms with Crippen LogP contribution in [-0.4, -0.2) is 57.5 Å². The molecule has 10 nitrogen and oxygen atoms in total. The standard InChI is InChI=1S/C21H22N4O2.C9H12N2OS.CH5N/c1-14-11-17(22-18(12-14)25-10-6-9-19(25)26)21-24-23-20(27-21)15(2)13-16-7-4-3-5-8-16;1-7-5-13-9(10-7)8-3-2-4-11(8)6-12;1-2/h3-5,7-8,11-12,15H,6,9-10,13H2,1-2H3;5-6,8H,2-4H2,1H3;2H2,1H3.